The molecule has 186 valence electrons. The van der Waals surface area contributed by atoms with Crippen LogP contribution >= 0.6 is 0 Å². The Hall–Kier alpha value is -3.78. The Morgan fingerprint density at radius 3 is 2.56 bits per heavy atom. The molecular formula is C28H29FN4O3. The Kier molecular flexibility index (Phi) is 6.95. The zero-order chi connectivity index (χ0) is 25.1. The Labute approximate surface area is 209 Å². The van der Waals surface area contributed by atoms with E-state index < -0.39 is 0 Å². The van der Waals surface area contributed by atoms with E-state index in [2.05, 4.69) is 15.1 Å². The molecule has 0 unspecified atom stereocenters. The van der Waals surface area contributed by atoms with Gasteiger partial charge >= 0.3 is 0 Å². The van der Waals surface area contributed by atoms with Crippen LogP contribution in [-0.4, -0.2) is 48.0 Å². The summed E-state index contributed by atoms with van der Waals surface area (Å²) in [6.07, 6.45) is 1.20. The number of non-ortho nitro benzene ring substituents is 1. The maximum absolute atomic E-state index is 13.4. The fourth-order valence-electron chi connectivity index (χ4n) is 5.38. The highest BCUT2D eigenvalue weighted by molar-refractivity contribution is 5.82. The highest BCUT2D eigenvalue weighted by Gasteiger charge is 2.41. The fraction of sp³-hybridized carbons (Fsp3) is 0.321. The Bertz CT molecular complexity index is 1240. The Morgan fingerprint density at radius 2 is 1.81 bits per heavy atom. The lowest BCUT2D eigenvalue weighted by Crippen LogP contribution is -2.61. The topological polar surface area (TPSA) is 78.7 Å². The van der Waals surface area contributed by atoms with Crippen LogP contribution in [0.25, 0.3) is 0 Å². The van der Waals surface area contributed by atoms with Crippen LogP contribution in [0.5, 0.6) is 0 Å². The molecule has 2 atom stereocenters. The van der Waals surface area contributed by atoms with Crippen molar-refractivity contribution in [1.82, 2.24) is 10.2 Å². The van der Waals surface area contributed by atoms with Crippen molar-refractivity contribution in [1.29, 1.82) is 0 Å². The molecule has 2 aliphatic heterocycles. The second kappa shape index (κ2) is 10.5. The number of hydrogen-bond donors (Lipinski definition) is 1. The van der Waals surface area contributed by atoms with Gasteiger partial charge in [0, 0.05) is 50.5 Å². The predicted octanol–water partition coefficient (Wildman–Crippen LogP) is 3.96. The minimum absolute atomic E-state index is 0.0262. The third-order valence-electron chi connectivity index (χ3n) is 7.20. The summed E-state index contributed by atoms with van der Waals surface area (Å²) in [7, 11) is 0. The first-order valence-electron chi connectivity index (χ1n) is 12.3. The van der Waals surface area contributed by atoms with Gasteiger partial charge in [-0.3, -0.25) is 19.8 Å². The summed E-state index contributed by atoms with van der Waals surface area (Å²) in [5.41, 5.74) is 4.05. The minimum Gasteiger partial charge on any atom is -0.365 e. The van der Waals surface area contributed by atoms with Crippen LogP contribution in [0.2, 0.25) is 0 Å². The van der Waals surface area contributed by atoms with Crippen LogP contribution in [-0.2, 0) is 24.2 Å². The summed E-state index contributed by atoms with van der Waals surface area (Å²) in [5, 5.41) is 14.5. The number of carbonyl (C=O) groups is 1. The number of halogens is 1. The number of rotatable bonds is 7. The van der Waals surface area contributed by atoms with Crippen LogP contribution in [0.4, 0.5) is 15.8 Å². The highest BCUT2D eigenvalue weighted by atomic mass is 19.1. The third-order valence-corrected chi connectivity index (χ3v) is 7.20. The Morgan fingerprint density at radius 1 is 1.03 bits per heavy atom. The number of benzene rings is 3. The summed E-state index contributed by atoms with van der Waals surface area (Å²) in [6, 6.07) is 21.5. The summed E-state index contributed by atoms with van der Waals surface area (Å²) >= 11 is 0. The van der Waals surface area contributed by atoms with Crippen molar-refractivity contribution in [3.63, 3.8) is 0 Å². The summed E-state index contributed by atoms with van der Waals surface area (Å²) in [5.74, 6) is -0.609. The molecule has 1 amide bonds. The monoisotopic (exact) mass is 488 g/mol. The maximum atomic E-state index is 13.4. The highest BCUT2D eigenvalue weighted by Crippen LogP contribution is 2.38. The molecule has 36 heavy (non-hydrogen) atoms. The van der Waals surface area contributed by atoms with Gasteiger partial charge in [-0.2, -0.15) is 0 Å². The molecule has 0 aromatic heterocycles. The van der Waals surface area contributed by atoms with E-state index in [1.807, 2.05) is 36.4 Å². The molecule has 3 aromatic rings. The molecule has 0 aliphatic carbocycles. The third kappa shape index (κ3) is 5.23. The molecule has 3 aromatic carbocycles. The van der Waals surface area contributed by atoms with Crippen molar-refractivity contribution in [2.24, 2.45) is 5.92 Å². The summed E-state index contributed by atoms with van der Waals surface area (Å²) in [4.78, 5) is 29.0. The number of carbonyl (C=O) groups excluding carboxylic acids is 1. The average Bonchev–Trinajstić information content (AvgIpc) is 2.89. The van der Waals surface area contributed by atoms with Gasteiger partial charge in [0.25, 0.3) is 5.69 Å². The van der Waals surface area contributed by atoms with Crippen LogP contribution in [0.1, 0.15) is 16.7 Å². The number of anilines is 1. The van der Waals surface area contributed by atoms with Crippen LogP contribution < -0.4 is 10.2 Å². The number of amides is 1. The van der Waals surface area contributed by atoms with Crippen LogP contribution in [0.15, 0.2) is 72.8 Å². The zero-order valence-corrected chi connectivity index (χ0v) is 20.0. The number of nitrogens with zero attached hydrogens (tertiary/aromatic N) is 3. The smallest absolute Gasteiger partial charge is 0.269 e. The summed E-state index contributed by atoms with van der Waals surface area (Å²) < 4.78 is 13.3. The van der Waals surface area contributed by atoms with Gasteiger partial charge in [0.2, 0.25) is 5.91 Å². The maximum Gasteiger partial charge on any atom is 0.269 e. The van der Waals surface area contributed by atoms with Crippen molar-refractivity contribution in [2.45, 2.75) is 25.4 Å². The standard InChI is InChI=1S/C28H29FN4O3/c29-23-8-6-21(7-9-23)18-31-14-15-32-26-11-10-24(33(35)36)16-22(26)17-25(27(32)19-31)28(34)30-13-12-20-4-2-1-3-5-20/h1-11,16,25,27H,12-15,17-19H2,(H,30,34)/t25-,27+/m1/s1. The van der Waals surface area contributed by atoms with Crippen molar-refractivity contribution in [2.75, 3.05) is 31.1 Å². The minimum atomic E-state index is -0.387. The first-order valence-corrected chi connectivity index (χ1v) is 12.3. The lowest BCUT2D eigenvalue weighted by Gasteiger charge is -2.49. The average molecular weight is 489 g/mol. The number of nitro benzene ring substituents is 1. The van der Waals surface area contributed by atoms with E-state index in [0.717, 1.165) is 35.3 Å². The molecule has 1 fully saturated rings. The molecule has 7 nitrogen and oxygen atoms in total. The molecule has 8 heteroatoms. The number of nitrogens with one attached hydrogen (secondary N) is 1. The quantitative estimate of drug-likeness (QED) is 0.402. The van der Waals surface area contributed by atoms with Crippen LogP contribution in [0.3, 0.4) is 0 Å². The second-order valence-corrected chi connectivity index (χ2v) is 9.53. The van der Waals surface area contributed by atoms with Crippen molar-refractivity contribution < 1.29 is 14.1 Å². The zero-order valence-electron chi connectivity index (χ0n) is 20.0. The van der Waals surface area contributed by atoms with Gasteiger partial charge in [0.15, 0.2) is 0 Å². The largest absolute Gasteiger partial charge is 0.365 e. The van der Waals surface area contributed by atoms with E-state index in [1.54, 1.807) is 24.3 Å². The number of piperazine rings is 1. The number of fused-ring (bicyclic) bond motifs is 3. The molecule has 1 N–H and O–H groups in total. The first kappa shape index (κ1) is 23.9. The van der Waals surface area contributed by atoms with Gasteiger partial charge in [0.1, 0.15) is 5.82 Å². The normalized spacial score (nSPS) is 19.3. The van der Waals surface area contributed by atoms with E-state index in [-0.39, 0.29) is 34.3 Å². The first-order chi connectivity index (χ1) is 17.5. The molecule has 5 rings (SSSR count). The van der Waals surface area contributed by atoms with Gasteiger partial charge in [-0.25, -0.2) is 4.39 Å². The van der Waals surface area contributed by atoms with E-state index in [4.69, 9.17) is 0 Å². The van der Waals surface area contributed by atoms with E-state index in [9.17, 15) is 19.3 Å². The van der Waals surface area contributed by atoms with Gasteiger partial charge in [-0.15, -0.1) is 0 Å². The number of hydrogen-bond acceptors (Lipinski definition) is 5. The lowest BCUT2D eigenvalue weighted by atomic mass is 9.83. The molecule has 0 bridgehead atoms. The lowest BCUT2D eigenvalue weighted by molar-refractivity contribution is -0.384. The van der Waals surface area contributed by atoms with Gasteiger partial charge in [-0.05, 0) is 47.7 Å². The second-order valence-electron chi connectivity index (χ2n) is 9.53. The molecule has 0 spiro atoms. The summed E-state index contributed by atoms with van der Waals surface area (Å²) in [6.45, 7) is 3.40. The van der Waals surface area contributed by atoms with Gasteiger partial charge in [0.05, 0.1) is 16.9 Å². The van der Waals surface area contributed by atoms with Crippen LogP contribution in [0, 0.1) is 21.8 Å². The fourth-order valence-corrected chi connectivity index (χ4v) is 5.38. The predicted molar refractivity (Wildman–Crippen MR) is 136 cm³/mol. The van der Waals surface area contributed by atoms with Crippen molar-refractivity contribution in [3.05, 3.63) is 105 Å². The van der Waals surface area contributed by atoms with E-state index in [1.165, 1.54) is 12.1 Å². The molecule has 2 heterocycles. The van der Waals surface area contributed by atoms with Gasteiger partial charge < -0.3 is 10.2 Å². The van der Waals surface area contributed by atoms with E-state index in [0.29, 0.717) is 32.6 Å². The van der Waals surface area contributed by atoms with Crippen molar-refractivity contribution >= 4 is 17.3 Å². The molecule has 2 aliphatic rings. The molecule has 0 radical (unpaired) electrons. The van der Waals surface area contributed by atoms with Gasteiger partial charge in [-0.1, -0.05) is 42.5 Å². The SMILES string of the molecule is O=C(NCCc1ccccc1)[C@@H]1Cc2cc([N+](=O)[O-])ccc2N2CCN(Cc3ccc(F)cc3)C[C@@H]12. The molecule has 1 saturated heterocycles. The molecule has 0 saturated carbocycles. The molecular weight excluding hydrogens is 459 g/mol. The number of nitro groups is 1. The van der Waals surface area contributed by atoms with E-state index >= 15 is 0 Å². The van der Waals surface area contributed by atoms with Crippen molar-refractivity contribution in [3.8, 4) is 0 Å². The Balaban J connectivity index is 1.35.